The van der Waals surface area contributed by atoms with Crippen molar-refractivity contribution in [3.8, 4) is 0 Å². The van der Waals surface area contributed by atoms with Gasteiger partial charge in [0.2, 0.25) is 0 Å². The second kappa shape index (κ2) is 17.4. The predicted molar refractivity (Wildman–Crippen MR) is 158 cm³/mol. The fourth-order valence-electron chi connectivity index (χ4n) is 6.64. The number of carbonyl (C=O) groups excluding carboxylic acids is 1. The minimum absolute atomic E-state index is 0.0329. The van der Waals surface area contributed by atoms with Gasteiger partial charge in [-0.05, 0) is 75.6 Å². The second-order valence-electron chi connectivity index (χ2n) is 11.5. The molecule has 3 rings (SSSR count). The number of nitrogens with zero attached hydrogens (tertiary/aromatic N) is 1. The monoisotopic (exact) mass is 565 g/mol. The first-order chi connectivity index (χ1) is 19.0. The van der Waals surface area contributed by atoms with Crippen LogP contribution < -0.4 is 10.6 Å². The van der Waals surface area contributed by atoms with Crippen LogP contribution in [0.25, 0.3) is 0 Å². The Morgan fingerprint density at radius 1 is 1.15 bits per heavy atom. The first-order valence-electron chi connectivity index (χ1n) is 15.2. The Morgan fingerprint density at radius 2 is 1.97 bits per heavy atom. The van der Waals surface area contributed by atoms with Gasteiger partial charge in [-0.15, -0.1) is 0 Å². The highest BCUT2D eigenvalue weighted by molar-refractivity contribution is 6.30. The summed E-state index contributed by atoms with van der Waals surface area (Å²) in [5.74, 6) is 0.826. The van der Waals surface area contributed by atoms with E-state index in [1.807, 2.05) is 30.1 Å². The summed E-state index contributed by atoms with van der Waals surface area (Å²) in [5, 5.41) is 16.9. The van der Waals surface area contributed by atoms with Crippen LogP contribution in [0.4, 0.5) is 4.79 Å². The van der Waals surface area contributed by atoms with Crippen LogP contribution in [0, 0.1) is 11.8 Å². The van der Waals surface area contributed by atoms with Crippen molar-refractivity contribution in [3.63, 3.8) is 0 Å². The van der Waals surface area contributed by atoms with Gasteiger partial charge in [0, 0.05) is 63.5 Å². The van der Waals surface area contributed by atoms with Crippen molar-refractivity contribution in [2.24, 2.45) is 11.8 Å². The van der Waals surface area contributed by atoms with Crippen molar-refractivity contribution < 1.29 is 19.4 Å². The number of urea groups is 1. The van der Waals surface area contributed by atoms with E-state index in [4.69, 9.17) is 21.1 Å². The summed E-state index contributed by atoms with van der Waals surface area (Å²) in [6.45, 7) is 3.43. The molecule has 1 aliphatic carbocycles. The summed E-state index contributed by atoms with van der Waals surface area (Å²) in [7, 11) is 3.69. The van der Waals surface area contributed by atoms with Crippen LogP contribution in [-0.4, -0.2) is 75.7 Å². The number of rotatable bonds is 16. The smallest absolute Gasteiger partial charge is 0.317 e. The normalized spacial score (nSPS) is 20.9. The Balaban J connectivity index is 1.78. The number of unbranched alkanes of at least 4 members (excludes halogenated alkanes) is 1. The number of hydrogen-bond donors (Lipinski definition) is 3. The van der Waals surface area contributed by atoms with E-state index in [9.17, 15) is 9.90 Å². The molecule has 222 valence electrons. The van der Waals surface area contributed by atoms with Crippen LogP contribution in [-0.2, 0) is 15.1 Å². The van der Waals surface area contributed by atoms with E-state index in [1.165, 1.54) is 32.1 Å². The average Bonchev–Trinajstić information content (AvgIpc) is 2.95. The lowest BCUT2D eigenvalue weighted by Gasteiger charge is -2.46. The van der Waals surface area contributed by atoms with Crippen molar-refractivity contribution in [1.29, 1.82) is 0 Å². The predicted octanol–water partition coefficient (Wildman–Crippen LogP) is 5.73. The van der Waals surface area contributed by atoms with Crippen LogP contribution in [0.3, 0.4) is 0 Å². The molecular weight excluding hydrogens is 514 g/mol. The van der Waals surface area contributed by atoms with Crippen molar-refractivity contribution in [1.82, 2.24) is 15.5 Å². The third kappa shape index (κ3) is 9.89. The highest BCUT2D eigenvalue weighted by atomic mass is 35.5. The van der Waals surface area contributed by atoms with Gasteiger partial charge in [0.05, 0.1) is 5.60 Å². The molecule has 1 aromatic rings. The molecule has 39 heavy (non-hydrogen) atoms. The zero-order valence-corrected chi connectivity index (χ0v) is 25.0. The molecule has 1 aromatic carbocycles. The minimum Gasteiger partial charge on any atom is -0.396 e. The SMILES string of the molecule is CNCC(CC1CCCCC1)NC(=O)N1CCCC(C(CCCCOC)(OCCCO)c2cccc(Cl)c2)C1. The maximum Gasteiger partial charge on any atom is 0.317 e. The number of likely N-dealkylation sites (N-methyl/N-ethyl adjacent to an activating group) is 1. The Labute approximate surface area is 241 Å². The van der Waals surface area contributed by atoms with E-state index in [0.717, 1.165) is 57.2 Å². The van der Waals surface area contributed by atoms with Gasteiger partial charge in [0.15, 0.2) is 0 Å². The van der Waals surface area contributed by atoms with Gasteiger partial charge in [-0.1, -0.05) is 55.8 Å². The largest absolute Gasteiger partial charge is 0.396 e. The maximum absolute atomic E-state index is 13.6. The zero-order chi connectivity index (χ0) is 27.9. The number of amides is 2. The molecule has 2 fully saturated rings. The fraction of sp³-hybridized carbons (Fsp3) is 0.774. The number of piperidine rings is 1. The number of nitrogens with one attached hydrogen (secondary N) is 2. The molecule has 0 bridgehead atoms. The van der Waals surface area contributed by atoms with Gasteiger partial charge < -0.3 is 30.1 Å². The summed E-state index contributed by atoms with van der Waals surface area (Å²) in [6.07, 6.45) is 12.7. The van der Waals surface area contributed by atoms with E-state index >= 15 is 0 Å². The number of aliphatic hydroxyl groups excluding tert-OH is 1. The van der Waals surface area contributed by atoms with E-state index in [1.54, 1.807) is 7.11 Å². The van der Waals surface area contributed by atoms with Crippen LogP contribution in [0.1, 0.15) is 82.6 Å². The van der Waals surface area contributed by atoms with E-state index in [-0.39, 0.29) is 24.6 Å². The third-order valence-corrected chi connectivity index (χ3v) is 8.85. The molecule has 3 unspecified atom stereocenters. The second-order valence-corrected chi connectivity index (χ2v) is 11.9. The Hall–Kier alpha value is -1.38. The highest BCUT2D eigenvalue weighted by Crippen LogP contribution is 2.44. The lowest BCUT2D eigenvalue weighted by atomic mass is 9.73. The summed E-state index contributed by atoms with van der Waals surface area (Å²) in [5.41, 5.74) is 0.474. The molecule has 1 aliphatic heterocycles. The van der Waals surface area contributed by atoms with Crippen molar-refractivity contribution in [2.75, 3.05) is 53.6 Å². The lowest BCUT2D eigenvalue weighted by Crippen LogP contribution is -2.54. The molecule has 0 spiro atoms. The number of methoxy groups -OCH3 is 1. The molecule has 0 radical (unpaired) electrons. The Morgan fingerprint density at radius 3 is 2.69 bits per heavy atom. The Kier molecular flexibility index (Phi) is 14.4. The maximum atomic E-state index is 13.6. The zero-order valence-electron chi connectivity index (χ0n) is 24.3. The molecule has 1 heterocycles. The van der Waals surface area contributed by atoms with Gasteiger partial charge in [0.25, 0.3) is 0 Å². The quantitative estimate of drug-likeness (QED) is 0.223. The van der Waals surface area contributed by atoms with Gasteiger partial charge in [-0.2, -0.15) is 0 Å². The number of ether oxygens (including phenoxy) is 2. The lowest BCUT2D eigenvalue weighted by molar-refractivity contribution is -0.117. The van der Waals surface area contributed by atoms with Crippen molar-refractivity contribution in [3.05, 3.63) is 34.9 Å². The van der Waals surface area contributed by atoms with Crippen LogP contribution in [0.2, 0.25) is 5.02 Å². The topological polar surface area (TPSA) is 83.1 Å². The molecular formula is C31H52ClN3O4. The first-order valence-corrected chi connectivity index (χ1v) is 15.6. The molecule has 1 saturated carbocycles. The molecule has 2 aliphatic rings. The minimum atomic E-state index is -0.584. The standard InChI is InChI=1S/C31H52ClN3O4/c1-33-23-29(21-25-11-4-3-5-12-25)34-30(37)35-17-9-14-27(24-35)31(39-20-10-18-36,16-6-7-19-38-2)26-13-8-15-28(32)22-26/h8,13,15,22,25,27,29,33,36H,3-7,9-12,14,16-21,23-24H2,1-2H3,(H,34,37). The van der Waals surface area contributed by atoms with Crippen LogP contribution in [0.15, 0.2) is 24.3 Å². The van der Waals surface area contributed by atoms with E-state index in [2.05, 4.69) is 16.7 Å². The summed E-state index contributed by atoms with van der Waals surface area (Å²) < 4.78 is 12.1. The number of likely N-dealkylation sites (tertiary alicyclic amines) is 1. The molecule has 8 heteroatoms. The fourth-order valence-corrected chi connectivity index (χ4v) is 6.83. The average molecular weight is 566 g/mol. The molecule has 2 amide bonds. The number of halogens is 1. The summed E-state index contributed by atoms with van der Waals surface area (Å²) >= 11 is 6.48. The molecule has 7 nitrogen and oxygen atoms in total. The van der Waals surface area contributed by atoms with Crippen molar-refractivity contribution in [2.45, 2.75) is 88.7 Å². The van der Waals surface area contributed by atoms with Gasteiger partial charge >= 0.3 is 6.03 Å². The van der Waals surface area contributed by atoms with Gasteiger partial charge in [-0.3, -0.25) is 0 Å². The molecule has 3 N–H and O–H groups in total. The van der Waals surface area contributed by atoms with Crippen LogP contribution in [0.5, 0.6) is 0 Å². The number of hydrogen-bond acceptors (Lipinski definition) is 5. The molecule has 0 aromatic heterocycles. The number of carbonyl (C=O) groups is 1. The molecule has 1 saturated heterocycles. The number of aliphatic hydroxyl groups is 1. The van der Waals surface area contributed by atoms with Crippen LogP contribution >= 0.6 is 11.6 Å². The number of benzene rings is 1. The van der Waals surface area contributed by atoms with E-state index < -0.39 is 5.60 Å². The molecule has 3 atom stereocenters. The van der Waals surface area contributed by atoms with Gasteiger partial charge in [-0.25, -0.2) is 4.79 Å². The van der Waals surface area contributed by atoms with Crippen molar-refractivity contribution >= 4 is 17.6 Å². The van der Waals surface area contributed by atoms with Gasteiger partial charge in [0.1, 0.15) is 0 Å². The first kappa shape index (κ1) is 32.1. The van der Waals surface area contributed by atoms with E-state index in [0.29, 0.717) is 37.1 Å². The summed E-state index contributed by atoms with van der Waals surface area (Å²) in [4.78, 5) is 15.6. The third-order valence-electron chi connectivity index (χ3n) is 8.61. The Bertz CT molecular complexity index is 838. The highest BCUT2D eigenvalue weighted by Gasteiger charge is 2.44. The summed E-state index contributed by atoms with van der Waals surface area (Å²) in [6, 6.07) is 8.17.